The minimum atomic E-state index is -2.97. The van der Waals surface area contributed by atoms with Crippen LogP contribution < -0.4 is 14.2 Å². The average molecular weight is 446 g/mol. The van der Waals surface area contributed by atoms with E-state index in [1.807, 2.05) is 6.92 Å². The second kappa shape index (κ2) is 9.73. The summed E-state index contributed by atoms with van der Waals surface area (Å²) in [7, 11) is 0. The molecule has 4 rings (SSSR count). The van der Waals surface area contributed by atoms with Crippen molar-refractivity contribution in [2.75, 3.05) is 32.8 Å². The zero-order valence-electron chi connectivity index (χ0n) is 18.4. The Balaban J connectivity index is 1.41. The lowest BCUT2D eigenvalue weighted by molar-refractivity contribution is -0.0503. The van der Waals surface area contributed by atoms with Crippen LogP contribution in [0, 0.1) is 0 Å². The monoisotopic (exact) mass is 446 g/mol. The van der Waals surface area contributed by atoms with Crippen LogP contribution in [0.1, 0.15) is 35.3 Å². The molecule has 8 heteroatoms. The van der Waals surface area contributed by atoms with E-state index in [4.69, 9.17) is 9.47 Å². The van der Waals surface area contributed by atoms with E-state index in [-0.39, 0.29) is 23.3 Å². The molecule has 172 valence electrons. The van der Waals surface area contributed by atoms with E-state index in [9.17, 15) is 13.6 Å². The summed E-state index contributed by atoms with van der Waals surface area (Å²) in [5.41, 5.74) is 2.39. The van der Waals surface area contributed by atoms with Crippen LogP contribution in [0.5, 0.6) is 17.2 Å². The number of piperazine rings is 1. The molecule has 1 amide bonds. The molecule has 2 aromatic carbocycles. The van der Waals surface area contributed by atoms with Gasteiger partial charge in [-0.25, -0.2) is 0 Å². The van der Waals surface area contributed by atoms with E-state index >= 15 is 0 Å². The van der Waals surface area contributed by atoms with E-state index in [0.717, 1.165) is 23.5 Å². The minimum Gasteiger partial charge on any atom is -0.494 e. The predicted molar refractivity (Wildman–Crippen MR) is 116 cm³/mol. The highest BCUT2D eigenvalue weighted by Gasteiger charge is 2.27. The van der Waals surface area contributed by atoms with Crippen LogP contribution in [0.25, 0.3) is 0 Å². The second-order valence-electron chi connectivity index (χ2n) is 8.08. The Morgan fingerprint density at radius 1 is 1.16 bits per heavy atom. The number of hydrogen-bond donors (Lipinski definition) is 0. The van der Waals surface area contributed by atoms with E-state index in [1.165, 1.54) is 17.7 Å². The van der Waals surface area contributed by atoms with Gasteiger partial charge in [0, 0.05) is 50.3 Å². The van der Waals surface area contributed by atoms with Crippen molar-refractivity contribution in [3.8, 4) is 17.2 Å². The molecule has 1 unspecified atom stereocenters. The van der Waals surface area contributed by atoms with Crippen molar-refractivity contribution in [3.05, 3.63) is 53.1 Å². The highest BCUT2D eigenvalue weighted by molar-refractivity contribution is 5.97. The smallest absolute Gasteiger partial charge is 0.387 e. The predicted octanol–water partition coefficient (Wildman–Crippen LogP) is 3.97. The first kappa shape index (κ1) is 22.3. The molecular formula is C24H28F2N2O4. The molecule has 0 bridgehead atoms. The molecule has 2 heterocycles. The molecule has 0 aliphatic carbocycles. The number of rotatable bonds is 7. The molecule has 2 aromatic rings. The number of nitrogens with zero attached hydrogens (tertiary/aromatic N) is 2. The van der Waals surface area contributed by atoms with Gasteiger partial charge in [-0.05, 0) is 38.1 Å². The SMILES string of the molecule is CCOc1cc2c(cc1CN1CCN(C(=O)c3ccccc3OC(F)F)CC1)OC(C)C2. The van der Waals surface area contributed by atoms with Crippen LogP contribution in [-0.4, -0.2) is 61.2 Å². The molecule has 1 saturated heterocycles. The lowest BCUT2D eigenvalue weighted by Crippen LogP contribution is -2.48. The average Bonchev–Trinajstić information content (AvgIpc) is 3.13. The number of benzene rings is 2. The van der Waals surface area contributed by atoms with E-state index in [0.29, 0.717) is 39.3 Å². The standard InChI is InChI=1S/C24H28F2N2O4/c1-3-30-21-13-17-12-16(2)31-22(17)14-18(21)15-27-8-10-28(11-9-27)23(29)19-6-4-5-7-20(19)32-24(25)26/h4-7,13-14,16,24H,3,8-12,15H2,1-2H3. The molecule has 1 fully saturated rings. The van der Waals surface area contributed by atoms with Crippen molar-refractivity contribution in [2.45, 2.75) is 39.5 Å². The molecule has 32 heavy (non-hydrogen) atoms. The molecule has 0 saturated carbocycles. The summed E-state index contributed by atoms with van der Waals surface area (Å²) < 4.78 is 41.7. The molecule has 2 aliphatic heterocycles. The number of amides is 1. The number of fused-ring (bicyclic) bond motifs is 1. The van der Waals surface area contributed by atoms with E-state index in [2.05, 4.69) is 28.7 Å². The third kappa shape index (κ3) is 4.96. The van der Waals surface area contributed by atoms with Crippen molar-refractivity contribution in [1.29, 1.82) is 0 Å². The first-order valence-corrected chi connectivity index (χ1v) is 10.9. The molecule has 1 atom stereocenters. The van der Waals surface area contributed by atoms with Crippen LogP contribution in [0.2, 0.25) is 0 Å². The quantitative estimate of drug-likeness (QED) is 0.644. The summed E-state index contributed by atoms with van der Waals surface area (Å²) in [6.07, 6.45) is 1.05. The number of hydrogen-bond acceptors (Lipinski definition) is 5. The first-order chi connectivity index (χ1) is 15.4. The third-order valence-corrected chi connectivity index (χ3v) is 5.77. The van der Waals surface area contributed by atoms with Gasteiger partial charge in [-0.15, -0.1) is 0 Å². The Morgan fingerprint density at radius 3 is 2.62 bits per heavy atom. The Morgan fingerprint density at radius 2 is 1.91 bits per heavy atom. The maximum Gasteiger partial charge on any atom is 0.387 e. The normalized spacial score (nSPS) is 18.4. The first-order valence-electron chi connectivity index (χ1n) is 10.9. The topological polar surface area (TPSA) is 51.2 Å². The fraction of sp³-hybridized carbons (Fsp3) is 0.458. The molecule has 0 aromatic heterocycles. The van der Waals surface area contributed by atoms with Crippen molar-refractivity contribution < 1.29 is 27.8 Å². The van der Waals surface area contributed by atoms with E-state index < -0.39 is 6.61 Å². The number of alkyl halides is 2. The van der Waals surface area contributed by atoms with Crippen LogP contribution in [-0.2, 0) is 13.0 Å². The van der Waals surface area contributed by atoms with Gasteiger partial charge < -0.3 is 19.1 Å². The van der Waals surface area contributed by atoms with Crippen molar-refractivity contribution in [3.63, 3.8) is 0 Å². The highest BCUT2D eigenvalue weighted by atomic mass is 19.3. The van der Waals surface area contributed by atoms with Crippen LogP contribution in [0.15, 0.2) is 36.4 Å². The number of ether oxygens (including phenoxy) is 3. The Labute approximate surface area is 186 Å². The fourth-order valence-electron chi connectivity index (χ4n) is 4.26. The maximum absolute atomic E-state index is 12.9. The molecular weight excluding hydrogens is 418 g/mol. The van der Waals surface area contributed by atoms with Gasteiger partial charge in [0.05, 0.1) is 12.2 Å². The van der Waals surface area contributed by atoms with Gasteiger partial charge in [0.2, 0.25) is 0 Å². The van der Waals surface area contributed by atoms with Crippen LogP contribution in [0.3, 0.4) is 0 Å². The lowest BCUT2D eigenvalue weighted by atomic mass is 10.1. The van der Waals surface area contributed by atoms with Gasteiger partial charge in [0.25, 0.3) is 5.91 Å². The van der Waals surface area contributed by atoms with Crippen molar-refractivity contribution in [2.24, 2.45) is 0 Å². The summed E-state index contributed by atoms with van der Waals surface area (Å²) in [6.45, 7) is 4.68. The van der Waals surface area contributed by atoms with Crippen molar-refractivity contribution in [1.82, 2.24) is 9.80 Å². The largest absolute Gasteiger partial charge is 0.494 e. The lowest BCUT2D eigenvalue weighted by Gasteiger charge is -2.35. The summed E-state index contributed by atoms with van der Waals surface area (Å²) in [6, 6.07) is 10.3. The van der Waals surface area contributed by atoms with Crippen molar-refractivity contribution >= 4 is 5.91 Å². The molecule has 0 radical (unpaired) electrons. The fourth-order valence-corrected chi connectivity index (χ4v) is 4.26. The summed E-state index contributed by atoms with van der Waals surface area (Å²) >= 11 is 0. The van der Waals surface area contributed by atoms with Gasteiger partial charge in [0.15, 0.2) is 0 Å². The molecule has 0 N–H and O–H groups in total. The second-order valence-corrected chi connectivity index (χ2v) is 8.08. The summed E-state index contributed by atoms with van der Waals surface area (Å²) in [5.74, 6) is 1.40. The van der Waals surface area contributed by atoms with Gasteiger partial charge in [-0.3, -0.25) is 9.69 Å². The molecule has 0 spiro atoms. The number of carbonyl (C=O) groups is 1. The number of halogens is 2. The summed E-state index contributed by atoms with van der Waals surface area (Å²) in [4.78, 5) is 16.9. The third-order valence-electron chi connectivity index (χ3n) is 5.77. The number of carbonyl (C=O) groups excluding carboxylic acids is 1. The van der Waals surface area contributed by atoms with Gasteiger partial charge in [0.1, 0.15) is 23.4 Å². The van der Waals surface area contributed by atoms with Crippen LogP contribution in [0.4, 0.5) is 8.78 Å². The van der Waals surface area contributed by atoms with Gasteiger partial charge in [-0.1, -0.05) is 12.1 Å². The Bertz CT molecular complexity index is 961. The highest BCUT2D eigenvalue weighted by Crippen LogP contribution is 2.36. The van der Waals surface area contributed by atoms with Gasteiger partial charge in [-0.2, -0.15) is 8.78 Å². The van der Waals surface area contributed by atoms with E-state index in [1.54, 1.807) is 17.0 Å². The Kier molecular flexibility index (Phi) is 6.79. The number of para-hydroxylation sites is 1. The Hall–Kier alpha value is -2.87. The molecule has 6 nitrogen and oxygen atoms in total. The van der Waals surface area contributed by atoms with Gasteiger partial charge >= 0.3 is 6.61 Å². The molecule has 2 aliphatic rings. The zero-order valence-corrected chi connectivity index (χ0v) is 18.4. The maximum atomic E-state index is 12.9. The van der Waals surface area contributed by atoms with Crippen LogP contribution >= 0.6 is 0 Å². The zero-order chi connectivity index (χ0) is 22.7. The summed E-state index contributed by atoms with van der Waals surface area (Å²) in [5, 5.41) is 0. The minimum absolute atomic E-state index is 0.0938.